The fourth-order valence-corrected chi connectivity index (χ4v) is 6.16. The molecular weight excluding hydrogens is 358 g/mol. The first kappa shape index (κ1) is 22.1. The quantitative estimate of drug-likeness (QED) is 0.610. The van der Waals surface area contributed by atoms with Gasteiger partial charge in [0.1, 0.15) is 6.04 Å². The average Bonchev–Trinajstić information content (AvgIpc) is 3.24. The largest absolute Gasteiger partial charge is 0.298 e. The molecule has 2 rings (SSSR count). The smallest absolute Gasteiger partial charge is 0.244 e. The van der Waals surface area contributed by atoms with Crippen LogP contribution in [-0.4, -0.2) is 30.6 Å². The van der Waals surface area contributed by atoms with Crippen LogP contribution in [0.2, 0.25) is 0 Å². The first-order valence-electron chi connectivity index (χ1n) is 10.1. The molecule has 0 saturated carbocycles. The van der Waals surface area contributed by atoms with Gasteiger partial charge in [-0.05, 0) is 41.4 Å². The van der Waals surface area contributed by atoms with E-state index in [1.54, 1.807) is 0 Å². The molecule has 0 aromatic heterocycles. The molecule has 1 heterocycles. The number of carbonyl (C=O) groups is 1. The zero-order chi connectivity index (χ0) is 20.8. The Hall–Kier alpha value is -1.20. The number of nitrogens with zero attached hydrogens (tertiary/aromatic N) is 1. The van der Waals surface area contributed by atoms with Crippen molar-refractivity contribution in [3.8, 4) is 0 Å². The second kappa shape index (κ2) is 7.67. The van der Waals surface area contributed by atoms with E-state index in [1.165, 1.54) is 4.31 Å². The van der Waals surface area contributed by atoms with Gasteiger partial charge in [0.25, 0.3) is 0 Å². The lowest BCUT2D eigenvalue weighted by molar-refractivity contribution is -0.121. The number of rotatable bonds is 7. The lowest BCUT2D eigenvalue weighted by atomic mass is 9.89. The summed E-state index contributed by atoms with van der Waals surface area (Å²) in [6.45, 7) is 17.9. The van der Waals surface area contributed by atoms with Crippen molar-refractivity contribution in [3.05, 3.63) is 28.8 Å². The molecule has 0 bridgehead atoms. The highest BCUT2D eigenvalue weighted by Crippen LogP contribution is 2.43. The number of benzene rings is 1. The number of sulfonamides is 1. The number of Topliss-reactive ketones (excluding diaryl/α,β-unsaturated/α-hetero) is 1. The van der Waals surface area contributed by atoms with E-state index < -0.39 is 16.1 Å². The molecule has 1 aliphatic heterocycles. The van der Waals surface area contributed by atoms with Crippen molar-refractivity contribution in [1.29, 1.82) is 0 Å². The molecule has 0 spiro atoms. The Morgan fingerprint density at radius 3 is 1.67 bits per heavy atom. The summed E-state index contributed by atoms with van der Waals surface area (Å²) >= 11 is 0. The highest BCUT2D eigenvalue weighted by atomic mass is 32.2. The monoisotopic (exact) mass is 393 g/mol. The van der Waals surface area contributed by atoms with Gasteiger partial charge in [-0.25, -0.2) is 8.42 Å². The Balaban J connectivity index is 2.68. The molecule has 5 heteroatoms. The van der Waals surface area contributed by atoms with Crippen LogP contribution in [0.25, 0.3) is 0 Å². The summed E-state index contributed by atoms with van der Waals surface area (Å²) in [6.07, 6.45) is 0. The van der Waals surface area contributed by atoms with Gasteiger partial charge in [-0.15, -0.1) is 0 Å². The van der Waals surface area contributed by atoms with Crippen LogP contribution in [0.1, 0.15) is 96.8 Å². The first-order chi connectivity index (χ1) is 12.3. The Labute approximate surface area is 165 Å². The highest BCUT2D eigenvalue weighted by molar-refractivity contribution is 7.89. The molecular formula is C22H35NO3S. The maximum atomic E-state index is 13.6. The van der Waals surface area contributed by atoms with Gasteiger partial charge in [-0.3, -0.25) is 4.79 Å². The average molecular weight is 394 g/mol. The minimum Gasteiger partial charge on any atom is -0.298 e. The van der Waals surface area contributed by atoms with Crippen molar-refractivity contribution in [1.82, 2.24) is 4.31 Å². The molecule has 0 aliphatic carbocycles. The molecule has 0 N–H and O–H groups in total. The normalized spacial score (nSPS) is 22.9. The minimum atomic E-state index is -3.72. The summed E-state index contributed by atoms with van der Waals surface area (Å²) in [5.41, 5.74) is 2.88. The Kier molecular flexibility index (Phi) is 6.27. The van der Waals surface area contributed by atoms with Gasteiger partial charge in [0.05, 0.1) is 4.90 Å². The van der Waals surface area contributed by atoms with E-state index in [0.717, 1.165) is 16.7 Å². The number of carbonyl (C=O) groups excluding carboxylic acids is 1. The second-order valence-corrected chi connectivity index (χ2v) is 10.9. The number of hydrogen-bond acceptors (Lipinski definition) is 3. The third-order valence-electron chi connectivity index (χ3n) is 5.52. The van der Waals surface area contributed by atoms with Crippen LogP contribution in [0.4, 0.5) is 0 Å². The Bertz CT molecular complexity index is 793. The molecule has 1 saturated heterocycles. The van der Waals surface area contributed by atoms with Gasteiger partial charge in [0, 0.05) is 12.0 Å². The van der Waals surface area contributed by atoms with Gasteiger partial charge < -0.3 is 0 Å². The van der Waals surface area contributed by atoms with Crippen LogP contribution in [0.3, 0.4) is 0 Å². The van der Waals surface area contributed by atoms with E-state index in [1.807, 2.05) is 60.6 Å². The number of ketones is 1. The second-order valence-electron chi connectivity index (χ2n) is 9.07. The maximum Gasteiger partial charge on any atom is 0.244 e. The molecule has 1 aromatic rings. The van der Waals surface area contributed by atoms with E-state index in [0.29, 0.717) is 10.8 Å². The van der Waals surface area contributed by atoms with Gasteiger partial charge in [-0.2, -0.15) is 4.31 Å². The van der Waals surface area contributed by atoms with Gasteiger partial charge in [-0.1, -0.05) is 67.5 Å². The van der Waals surface area contributed by atoms with E-state index in [-0.39, 0.29) is 29.6 Å². The molecule has 0 radical (unpaired) electrons. The molecule has 1 unspecified atom stereocenters. The third kappa shape index (κ3) is 4.00. The molecule has 4 nitrogen and oxygen atoms in total. The van der Waals surface area contributed by atoms with E-state index in [2.05, 4.69) is 13.8 Å². The SMILES string of the molecule is CC(C)C(=O)[C@@H]1[C@@H](C)N1S(=O)(=O)c1c(C(C)C)cc(C(C)C)cc1C(C)C. The van der Waals surface area contributed by atoms with E-state index in [4.69, 9.17) is 0 Å². The summed E-state index contributed by atoms with van der Waals surface area (Å²) in [5.74, 6) is 0.324. The van der Waals surface area contributed by atoms with Crippen LogP contribution >= 0.6 is 0 Å². The van der Waals surface area contributed by atoms with Crippen molar-refractivity contribution in [2.45, 2.75) is 97.0 Å². The predicted octanol–water partition coefficient (Wildman–Crippen LogP) is 5.04. The predicted molar refractivity (Wildman–Crippen MR) is 111 cm³/mol. The number of hydrogen-bond donors (Lipinski definition) is 0. The minimum absolute atomic E-state index is 0.00192. The van der Waals surface area contributed by atoms with Crippen LogP contribution in [0.5, 0.6) is 0 Å². The third-order valence-corrected chi connectivity index (χ3v) is 7.62. The molecule has 1 aromatic carbocycles. The van der Waals surface area contributed by atoms with Gasteiger partial charge >= 0.3 is 0 Å². The van der Waals surface area contributed by atoms with Crippen molar-refractivity contribution in [3.63, 3.8) is 0 Å². The highest BCUT2D eigenvalue weighted by Gasteiger charge is 2.57. The van der Waals surface area contributed by atoms with Crippen molar-refractivity contribution < 1.29 is 13.2 Å². The zero-order valence-electron chi connectivity index (χ0n) is 18.2. The summed E-state index contributed by atoms with van der Waals surface area (Å²) in [4.78, 5) is 12.9. The standard InChI is InChI=1S/C22H35NO3S/c1-12(2)17-10-18(13(3)4)22(19(11-17)14(5)6)27(25,26)23-16(9)20(23)21(24)15(7)8/h10-16,20H,1-9H3/t16-,20+,23?/m1/s1. The zero-order valence-corrected chi connectivity index (χ0v) is 19.0. The first-order valence-corrected chi connectivity index (χ1v) is 11.5. The van der Waals surface area contributed by atoms with E-state index in [9.17, 15) is 13.2 Å². The van der Waals surface area contributed by atoms with E-state index >= 15 is 0 Å². The Morgan fingerprint density at radius 1 is 0.889 bits per heavy atom. The summed E-state index contributed by atoms with van der Waals surface area (Å²) in [7, 11) is -3.72. The molecule has 1 fully saturated rings. The Morgan fingerprint density at radius 2 is 1.33 bits per heavy atom. The molecule has 3 atom stereocenters. The lowest BCUT2D eigenvalue weighted by Gasteiger charge is -2.23. The molecule has 152 valence electrons. The van der Waals surface area contributed by atoms with Gasteiger partial charge in [0.2, 0.25) is 10.0 Å². The summed E-state index contributed by atoms with van der Waals surface area (Å²) < 4.78 is 28.7. The van der Waals surface area contributed by atoms with Crippen molar-refractivity contribution in [2.24, 2.45) is 5.92 Å². The van der Waals surface area contributed by atoms with Crippen LogP contribution in [0, 0.1) is 5.92 Å². The fourth-order valence-electron chi connectivity index (χ4n) is 3.69. The lowest BCUT2D eigenvalue weighted by Crippen LogP contribution is -2.25. The van der Waals surface area contributed by atoms with Gasteiger partial charge in [0.15, 0.2) is 5.78 Å². The molecule has 0 amide bonds. The van der Waals surface area contributed by atoms with Crippen LogP contribution < -0.4 is 0 Å². The fraction of sp³-hybridized carbons (Fsp3) is 0.682. The van der Waals surface area contributed by atoms with Crippen molar-refractivity contribution in [2.75, 3.05) is 0 Å². The topological polar surface area (TPSA) is 54.2 Å². The molecule has 1 aliphatic rings. The maximum absolute atomic E-state index is 13.6. The van der Waals surface area contributed by atoms with Crippen LogP contribution in [0.15, 0.2) is 17.0 Å². The van der Waals surface area contributed by atoms with Crippen molar-refractivity contribution >= 4 is 15.8 Å². The summed E-state index contributed by atoms with van der Waals surface area (Å²) in [6, 6.07) is 3.29. The summed E-state index contributed by atoms with van der Waals surface area (Å²) in [5, 5.41) is 0. The van der Waals surface area contributed by atoms with Crippen LogP contribution in [-0.2, 0) is 14.8 Å². The molecule has 27 heavy (non-hydrogen) atoms.